The molecule has 7 heteroatoms. The lowest BCUT2D eigenvalue weighted by molar-refractivity contribution is 0.195. The average Bonchev–Trinajstić information content (AvgIpc) is 3.09. The minimum atomic E-state index is 0.686. The van der Waals surface area contributed by atoms with Crippen LogP contribution < -0.4 is 10.6 Å². The van der Waals surface area contributed by atoms with E-state index in [1.807, 2.05) is 12.1 Å². The van der Waals surface area contributed by atoms with E-state index < -0.39 is 0 Å². The number of guanidine groups is 1. The number of methoxy groups -OCH3 is 1. The largest absolute Gasteiger partial charge is 0.385 e. The van der Waals surface area contributed by atoms with E-state index in [1.54, 1.807) is 14.2 Å². The van der Waals surface area contributed by atoms with Crippen molar-refractivity contribution in [2.45, 2.75) is 13.0 Å². The molecule has 0 unspecified atom stereocenters. The van der Waals surface area contributed by atoms with E-state index in [9.17, 15) is 0 Å². The highest BCUT2D eigenvalue weighted by molar-refractivity contribution is 5.79. The highest BCUT2D eigenvalue weighted by Crippen LogP contribution is 2.15. The Morgan fingerprint density at radius 1 is 1.36 bits per heavy atom. The molecule has 1 heterocycles. The van der Waals surface area contributed by atoms with Crippen molar-refractivity contribution in [3.8, 4) is 11.4 Å². The summed E-state index contributed by atoms with van der Waals surface area (Å²) in [4.78, 5) is 8.36. The van der Waals surface area contributed by atoms with Crippen LogP contribution in [0.1, 0.15) is 12.0 Å². The van der Waals surface area contributed by atoms with Crippen LogP contribution in [0.3, 0.4) is 0 Å². The maximum absolute atomic E-state index is 5.02. The van der Waals surface area contributed by atoms with Crippen LogP contribution >= 0.6 is 0 Å². The van der Waals surface area contributed by atoms with E-state index in [1.165, 1.54) is 6.33 Å². The van der Waals surface area contributed by atoms with Gasteiger partial charge < -0.3 is 15.4 Å². The molecule has 0 atom stereocenters. The van der Waals surface area contributed by atoms with Gasteiger partial charge in [-0.25, -0.2) is 4.98 Å². The number of aliphatic imine (C=N–C) groups is 1. The zero-order valence-electron chi connectivity index (χ0n) is 13.0. The second kappa shape index (κ2) is 8.78. The van der Waals surface area contributed by atoms with E-state index in [2.05, 4.69) is 42.9 Å². The lowest BCUT2D eigenvalue weighted by Gasteiger charge is -2.12. The van der Waals surface area contributed by atoms with Crippen molar-refractivity contribution in [3.63, 3.8) is 0 Å². The topological polar surface area (TPSA) is 87.2 Å². The second-order valence-electron chi connectivity index (χ2n) is 4.73. The van der Waals surface area contributed by atoms with Gasteiger partial charge in [-0.2, -0.15) is 5.10 Å². The Bertz CT molecular complexity index is 581. The zero-order chi connectivity index (χ0) is 15.6. The normalized spacial score (nSPS) is 11.5. The molecule has 0 radical (unpaired) electrons. The first kappa shape index (κ1) is 16.0. The van der Waals surface area contributed by atoms with Crippen LogP contribution in [0.25, 0.3) is 11.4 Å². The molecule has 0 spiro atoms. The first-order chi connectivity index (χ1) is 10.8. The summed E-state index contributed by atoms with van der Waals surface area (Å²) in [5.74, 6) is 1.55. The molecule has 0 amide bonds. The summed E-state index contributed by atoms with van der Waals surface area (Å²) in [7, 11) is 3.46. The Morgan fingerprint density at radius 3 is 3.00 bits per heavy atom. The third-order valence-corrected chi connectivity index (χ3v) is 3.12. The number of hydrogen-bond acceptors (Lipinski definition) is 4. The molecule has 0 aliphatic heterocycles. The van der Waals surface area contributed by atoms with Gasteiger partial charge in [0, 0.05) is 39.4 Å². The summed E-state index contributed by atoms with van der Waals surface area (Å²) >= 11 is 0. The Labute approximate surface area is 130 Å². The number of H-pyrrole nitrogens is 1. The predicted molar refractivity (Wildman–Crippen MR) is 86.5 cm³/mol. The van der Waals surface area contributed by atoms with E-state index >= 15 is 0 Å². The molecule has 0 saturated carbocycles. The number of hydrogen-bond donors (Lipinski definition) is 3. The standard InChI is InChI=1S/C15H22N6O/c1-16-15(17-7-4-8-22-2)18-10-12-5-3-6-13(9-12)14-19-11-20-21-14/h3,5-6,9,11H,4,7-8,10H2,1-2H3,(H2,16,17,18)(H,19,20,21). The fourth-order valence-electron chi connectivity index (χ4n) is 2.00. The molecular weight excluding hydrogens is 280 g/mol. The van der Waals surface area contributed by atoms with Crippen LogP contribution in [-0.2, 0) is 11.3 Å². The monoisotopic (exact) mass is 302 g/mol. The van der Waals surface area contributed by atoms with Gasteiger partial charge in [0.05, 0.1) is 0 Å². The molecule has 0 bridgehead atoms. The van der Waals surface area contributed by atoms with Crippen molar-refractivity contribution in [2.24, 2.45) is 4.99 Å². The Kier molecular flexibility index (Phi) is 6.38. The summed E-state index contributed by atoms with van der Waals surface area (Å²) in [6.45, 7) is 2.25. The number of aromatic amines is 1. The Balaban J connectivity index is 1.86. The van der Waals surface area contributed by atoms with Gasteiger partial charge in [0.25, 0.3) is 0 Å². The van der Waals surface area contributed by atoms with Crippen molar-refractivity contribution in [2.75, 3.05) is 27.3 Å². The van der Waals surface area contributed by atoms with Crippen LogP contribution in [0.4, 0.5) is 0 Å². The van der Waals surface area contributed by atoms with E-state index in [0.29, 0.717) is 6.54 Å². The fraction of sp³-hybridized carbons (Fsp3) is 0.400. The molecule has 2 rings (SSSR count). The van der Waals surface area contributed by atoms with E-state index in [4.69, 9.17) is 4.74 Å². The molecule has 2 aromatic rings. The summed E-state index contributed by atoms with van der Waals surface area (Å²) in [5.41, 5.74) is 2.16. The second-order valence-corrected chi connectivity index (χ2v) is 4.73. The maximum atomic E-state index is 5.02. The Morgan fingerprint density at radius 2 is 2.27 bits per heavy atom. The number of nitrogens with zero attached hydrogens (tertiary/aromatic N) is 3. The lowest BCUT2D eigenvalue weighted by atomic mass is 10.1. The average molecular weight is 302 g/mol. The highest BCUT2D eigenvalue weighted by atomic mass is 16.5. The van der Waals surface area contributed by atoms with Crippen molar-refractivity contribution >= 4 is 5.96 Å². The van der Waals surface area contributed by atoms with Crippen LogP contribution in [0, 0.1) is 0 Å². The molecule has 22 heavy (non-hydrogen) atoms. The highest BCUT2D eigenvalue weighted by Gasteiger charge is 2.03. The first-order valence-electron chi connectivity index (χ1n) is 7.21. The molecule has 0 fully saturated rings. The zero-order valence-corrected chi connectivity index (χ0v) is 13.0. The summed E-state index contributed by atoms with van der Waals surface area (Å²) in [5, 5.41) is 13.3. The Hall–Kier alpha value is -2.41. The SMILES string of the molecule is CN=C(NCCCOC)NCc1cccc(-c2ncn[nH]2)c1. The van der Waals surface area contributed by atoms with Gasteiger partial charge in [-0.15, -0.1) is 0 Å². The number of rotatable bonds is 7. The predicted octanol–water partition coefficient (Wildman–Crippen LogP) is 1.17. The van der Waals surface area contributed by atoms with Crippen molar-refractivity contribution in [3.05, 3.63) is 36.2 Å². The third kappa shape index (κ3) is 4.85. The number of nitrogens with one attached hydrogen (secondary N) is 3. The van der Waals surface area contributed by atoms with Crippen molar-refractivity contribution < 1.29 is 4.74 Å². The maximum Gasteiger partial charge on any atom is 0.191 e. The van der Waals surface area contributed by atoms with Crippen molar-refractivity contribution in [1.82, 2.24) is 25.8 Å². The van der Waals surface area contributed by atoms with E-state index in [-0.39, 0.29) is 0 Å². The molecule has 7 nitrogen and oxygen atoms in total. The first-order valence-corrected chi connectivity index (χ1v) is 7.21. The summed E-state index contributed by atoms with van der Waals surface area (Å²) < 4.78 is 5.02. The van der Waals surface area contributed by atoms with Crippen molar-refractivity contribution in [1.29, 1.82) is 0 Å². The molecule has 1 aromatic carbocycles. The van der Waals surface area contributed by atoms with Gasteiger partial charge in [-0.3, -0.25) is 10.1 Å². The van der Waals surface area contributed by atoms with Crippen LogP contribution in [0.5, 0.6) is 0 Å². The smallest absolute Gasteiger partial charge is 0.191 e. The number of benzene rings is 1. The third-order valence-electron chi connectivity index (χ3n) is 3.12. The molecule has 1 aromatic heterocycles. The van der Waals surface area contributed by atoms with Gasteiger partial charge in [-0.05, 0) is 18.1 Å². The van der Waals surface area contributed by atoms with Gasteiger partial charge in [0.2, 0.25) is 0 Å². The molecule has 118 valence electrons. The van der Waals surface area contributed by atoms with Crippen LogP contribution in [-0.4, -0.2) is 48.5 Å². The molecule has 0 aliphatic rings. The quantitative estimate of drug-likeness (QED) is 0.406. The van der Waals surface area contributed by atoms with E-state index in [0.717, 1.165) is 42.5 Å². The molecular formula is C15H22N6O. The minimum Gasteiger partial charge on any atom is -0.385 e. The molecule has 0 aliphatic carbocycles. The number of ether oxygens (including phenoxy) is 1. The fourth-order valence-corrected chi connectivity index (χ4v) is 2.00. The summed E-state index contributed by atoms with van der Waals surface area (Å²) in [6, 6.07) is 8.14. The lowest BCUT2D eigenvalue weighted by Crippen LogP contribution is -2.37. The molecule has 3 N–H and O–H groups in total. The minimum absolute atomic E-state index is 0.686. The number of aromatic nitrogens is 3. The molecule has 0 saturated heterocycles. The van der Waals surface area contributed by atoms with Gasteiger partial charge in [0.15, 0.2) is 11.8 Å². The van der Waals surface area contributed by atoms with Crippen LogP contribution in [0.15, 0.2) is 35.6 Å². The van der Waals surface area contributed by atoms with Gasteiger partial charge in [-0.1, -0.05) is 18.2 Å². The van der Waals surface area contributed by atoms with Gasteiger partial charge in [0.1, 0.15) is 6.33 Å². The summed E-state index contributed by atoms with van der Waals surface area (Å²) in [6.07, 6.45) is 2.45. The van der Waals surface area contributed by atoms with Gasteiger partial charge >= 0.3 is 0 Å². The van der Waals surface area contributed by atoms with Crippen LogP contribution in [0.2, 0.25) is 0 Å².